The van der Waals surface area contributed by atoms with Crippen molar-refractivity contribution in [2.75, 3.05) is 20.8 Å². The van der Waals surface area contributed by atoms with Crippen molar-refractivity contribution < 1.29 is 14.3 Å². The van der Waals surface area contributed by atoms with Crippen molar-refractivity contribution in [2.24, 2.45) is 0 Å². The zero-order valence-electron chi connectivity index (χ0n) is 15.5. The van der Waals surface area contributed by atoms with E-state index in [4.69, 9.17) is 9.47 Å². The summed E-state index contributed by atoms with van der Waals surface area (Å²) >= 11 is 0. The third-order valence-corrected chi connectivity index (χ3v) is 4.89. The van der Waals surface area contributed by atoms with Crippen molar-refractivity contribution in [3.63, 3.8) is 0 Å². The van der Waals surface area contributed by atoms with Gasteiger partial charge in [-0.1, -0.05) is 0 Å². The molecule has 138 valence electrons. The van der Waals surface area contributed by atoms with Gasteiger partial charge in [-0.05, 0) is 43.5 Å². The number of aryl methyl sites for hydroxylation is 1. The van der Waals surface area contributed by atoms with Crippen LogP contribution in [0.4, 0.5) is 0 Å². The number of rotatable bonds is 4. The molecular formula is C19H23N3O4. The van der Waals surface area contributed by atoms with Gasteiger partial charge in [0, 0.05) is 24.3 Å². The SMILES string of the molecule is COc1cc2c(cc1OC)CN(C(=O)Cn1cnc(C)c(C)c1=O)CC2. The lowest BCUT2D eigenvalue weighted by molar-refractivity contribution is -0.132. The molecule has 0 atom stereocenters. The molecular weight excluding hydrogens is 334 g/mol. The maximum Gasteiger partial charge on any atom is 0.256 e. The van der Waals surface area contributed by atoms with Crippen molar-refractivity contribution in [2.45, 2.75) is 33.4 Å². The number of benzene rings is 1. The third-order valence-electron chi connectivity index (χ3n) is 4.89. The molecule has 2 heterocycles. The van der Waals surface area contributed by atoms with Gasteiger partial charge in [0.2, 0.25) is 5.91 Å². The largest absolute Gasteiger partial charge is 0.493 e. The van der Waals surface area contributed by atoms with Gasteiger partial charge in [0.1, 0.15) is 6.54 Å². The number of hydrogen-bond donors (Lipinski definition) is 0. The molecule has 1 aliphatic rings. The van der Waals surface area contributed by atoms with Gasteiger partial charge in [0.05, 0.1) is 20.5 Å². The van der Waals surface area contributed by atoms with Crippen LogP contribution in [0.15, 0.2) is 23.3 Å². The Morgan fingerprint density at radius 1 is 1.15 bits per heavy atom. The molecule has 0 N–H and O–H groups in total. The second-order valence-corrected chi connectivity index (χ2v) is 6.43. The van der Waals surface area contributed by atoms with Crippen LogP contribution in [0.2, 0.25) is 0 Å². The molecule has 0 saturated heterocycles. The first-order valence-corrected chi connectivity index (χ1v) is 8.48. The van der Waals surface area contributed by atoms with Crippen molar-refractivity contribution >= 4 is 5.91 Å². The highest BCUT2D eigenvalue weighted by Crippen LogP contribution is 2.33. The molecule has 1 aromatic carbocycles. The number of amides is 1. The average Bonchev–Trinajstić information content (AvgIpc) is 2.66. The van der Waals surface area contributed by atoms with Gasteiger partial charge in [-0.15, -0.1) is 0 Å². The van der Waals surface area contributed by atoms with Crippen LogP contribution in [0, 0.1) is 13.8 Å². The summed E-state index contributed by atoms with van der Waals surface area (Å²) in [6, 6.07) is 3.88. The van der Waals surface area contributed by atoms with E-state index in [0.29, 0.717) is 35.8 Å². The van der Waals surface area contributed by atoms with Crippen LogP contribution in [0.5, 0.6) is 11.5 Å². The monoisotopic (exact) mass is 357 g/mol. The molecule has 0 bridgehead atoms. The van der Waals surface area contributed by atoms with Crippen molar-refractivity contribution in [1.82, 2.24) is 14.5 Å². The first kappa shape index (κ1) is 18.0. The van der Waals surface area contributed by atoms with E-state index in [1.54, 1.807) is 33.0 Å². The molecule has 1 amide bonds. The third kappa shape index (κ3) is 3.29. The molecule has 7 nitrogen and oxygen atoms in total. The molecule has 3 rings (SSSR count). The molecule has 0 aliphatic carbocycles. The van der Waals surface area contributed by atoms with Crippen LogP contribution >= 0.6 is 0 Å². The van der Waals surface area contributed by atoms with E-state index in [2.05, 4.69) is 4.98 Å². The topological polar surface area (TPSA) is 73.7 Å². The van der Waals surface area contributed by atoms with Gasteiger partial charge in [-0.2, -0.15) is 0 Å². The van der Waals surface area contributed by atoms with Crippen LogP contribution < -0.4 is 15.0 Å². The summed E-state index contributed by atoms with van der Waals surface area (Å²) in [4.78, 5) is 30.9. The fourth-order valence-corrected chi connectivity index (χ4v) is 3.13. The zero-order chi connectivity index (χ0) is 18.8. The van der Waals surface area contributed by atoms with E-state index in [1.807, 2.05) is 12.1 Å². The number of fused-ring (bicyclic) bond motifs is 1. The number of aromatic nitrogens is 2. The lowest BCUT2D eigenvalue weighted by Gasteiger charge is -2.30. The quantitative estimate of drug-likeness (QED) is 0.828. The Balaban J connectivity index is 1.79. The second kappa shape index (κ2) is 7.19. The smallest absolute Gasteiger partial charge is 0.256 e. The van der Waals surface area contributed by atoms with Crippen molar-refractivity contribution in [3.8, 4) is 11.5 Å². The van der Waals surface area contributed by atoms with E-state index in [-0.39, 0.29) is 18.0 Å². The summed E-state index contributed by atoms with van der Waals surface area (Å²) in [5, 5.41) is 0. The first-order chi connectivity index (χ1) is 12.4. The van der Waals surface area contributed by atoms with E-state index in [1.165, 1.54) is 10.9 Å². The van der Waals surface area contributed by atoms with Gasteiger partial charge >= 0.3 is 0 Å². The molecule has 0 spiro atoms. The van der Waals surface area contributed by atoms with E-state index < -0.39 is 0 Å². The molecule has 0 unspecified atom stereocenters. The predicted octanol–water partition coefficient (Wildman–Crippen LogP) is 1.46. The summed E-state index contributed by atoms with van der Waals surface area (Å²) in [5.41, 5.74) is 3.27. The summed E-state index contributed by atoms with van der Waals surface area (Å²) in [6.45, 7) is 4.60. The standard InChI is InChI=1S/C19H23N3O4/c1-12-13(2)20-11-22(19(12)24)10-18(23)21-6-5-14-7-16(25-3)17(26-4)8-15(14)9-21/h7-8,11H,5-6,9-10H2,1-4H3. The van der Waals surface area contributed by atoms with Gasteiger partial charge in [-0.25, -0.2) is 4.98 Å². The number of nitrogens with zero attached hydrogens (tertiary/aromatic N) is 3. The lowest BCUT2D eigenvalue weighted by atomic mass is 9.98. The van der Waals surface area contributed by atoms with E-state index in [0.717, 1.165) is 17.5 Å². The highest BCUT2D eigenvalue weighted by Gasteiger charge is 2.23. The predicted molar refractivity (Wildman–Crippen MR) is 96.6 cm³/mol. The maximum atomic E-state index is 12.7. The number of carbonyl (C=O) groups is 1. The highest BCUT2D eigenvalue weighted by molar-refractivity contribution is 5.76. The van der Waals surface area contributed by atoms with Crippen molar-refractivity contribution in [1.29, 1.82) is 0 Å². The summed E-state index contributed by atoms with van der Waals surface area (Å²) in [6.07, 6.45) is 2.18. The molecule has 2 aromatic rings. The van der Waals surface area contributed by atoms with Crippen molar-refractivity contribution in [3.05, 3.63) is 51.2 Å². The van der Waals surface area contributed by atoms with Crippen LogP contribution in [0.25, 0.3) is 0 Å². The fourth-order valence-electron chi connectivity index (χ4n) is 3.13. The van der Waals surface area contributed by atoms with Gasteiger partial charge < -0.3 is 14.4 Å². The molecule has 0 radical (unpaired) electrons. The summed E-state index contributed by atoms with van der Waals surface area (Å²) < 4.78 is 12.1. The van der Waals surface area contributed by atoms with Gasteiger partial charge in [0.25, 0.3) is 5.56 Å². The Labute approximate surface area is 152 Å². The molecule has 26 heavy (non-hydrogen) atoms. The maximum absolute atomic E-state index is 12.7. The second-order valence-electron chi connectivity index (χ2n) is 6.43. The van der Waals surface area contributed by atoms with E-state index in [9.17, 15) is 9.59 Å². The lowest BCUT2D eigenvalue weighted by Crippen LogP contribution is -2.40. The highest BCUT2D eigenvalue weighted by atomic mass is 16.5. The molecule has 1 aliphatic heterocycles. The van der Waals surface area contributed by atoms with Gasteiger partial charge in [0.15, 0.2) is 11.5 Å². The number of methoxy groups -OCH3 is 2. The minimum atomic E-state index is -0.172. The Hall–Kier alpha value is -2.83. The Bertz CT molecular complexity index is 904. The molecule has 1 aromatic heterocycles. The van der Waals surface area contributed by atoms with E-state index >= 15 is 0 Å². The Morgan fingerprint density at radius 3 is 2.46 bits per heavy atom. The normalized spacial score (nSPS) is 13.3. The minimum absolute atomic E-state index is 0.00439. The minimum Gasteiger partial charge on any atom is -0.493 e. The van der Waals surface area contributed by atoms with Gasteiger partial charge in [-0.3, -0.25) is 14.2 Å². The van der Waals surface area contributed by atoms with Crippen LogP contribution in [0.3, 0.4) is 0 Å². The fraction of sp³-hybridized carbons (Fsp3) is 0.421. The molecule has 0 saturated carbocycles. The van der Waals surface area contributed by atoms with Crippen LogP contribution in [0.1, 0.15) is 22.4 Å². The Kier molecular flexibility index (Phi) is 4.97. The number of hydrogen-bond acceptors (Lipinski definition) is 5. The Morgan fingerprint density at radius 2 is 1.81 bits per heavy atom. The number of ether oxygens (including phenoxy) is 2. The molecule has 0 fully saturated rings. The molecule has 7 heteroatoms. The summed E-state index contributed by atoms with van der Waals surface area (Å²) in [5.74, 6) is 1.24. The first-order valence-electron chi connectivity index (χ1n) is 8.48. The average molecular weight is 357 g/mol. The van der Waals surface area contributed by atoms with Crippen LogP contribution in [-0.2, 0) is 24.3 Å². The van der Waals surface area contributed by atoms with Crippen LogP contribution in [-0.4, -0.2) is 41.1 Å². The summed E-state index contributed by atoms with van der Waals surface area (Å²) in [7, 11) is 3.20. The zero-order valence-corrected chi connectivity index (χ0v) is 15.5. The number of carbonyl (C=O) groups excluding carboxylic acids is 1.